The summed E-state index contributed by atoms with van der Waals surface area (Å²) in [6.45, 7) is 2.72. The number of anilines is 2. The van der Waals surface area contributed by atoms with Crippen LogP contribution < -0.4 is 11.1 Å². The Hall–Kier alpha value is -2.54. The van der Waals surface area contributed by atoms with E-state index < -0.39 is 0 Å². The molecule has 0 spiro atoms. The molecule has 0 amide bonds. The van der Waals surface area contributed by atoms with Gasteiger partial charge in [-0.1, -0.05) is 24.3 Å². The molecule has 1 aromatic carbocycles. The van der Waals surface area contributed by atoms with Crippen LogP contribution in [0.15, 0.2) is 36.5 Å². The molecule has 2 aromatic rings. The van der Waals surface area contributed by atoms with Gasteiger partial charge in [-0.2, -0.15) is 5.26 Å². The summed E-state index contributed by atoms with van der Waals surface area (Å²) in [5.74, 6) is 0.609. The van der Waals surface area contributed by atoms with Crippen molar-refractivity contribution in [1.82, 2.24) is 4.98 Å². The van der Waals surface area contributed by atoms with Crippen molar-refractivity contribution in [3.8, 4) is 6.07 Å². The Morgan fingerprint density at radius 2 is 2.17 bits per heavy atom. The van der Waals surface area contributed by atoms with E-state index in [0.717, 1.165) is 0 Å². The van der Waals surface area contributed by atoms with E-state index in [2.05, 4.69) is 29.4 Å². The minimum Gasteiger partial charge on any atom is -0.396 e. The van der Waals surface area contributed by atoms with Crippen molar-refractivity contribution in [3.05, 3.63) is 53.2 Å². The Kier molecular flexibility index (Phi) is 3.44. The highest BCUT2D eigenvalue weighted by Gasteiger charge is 2.03. The maximum atomic E-state index is 8.73. The molecular weight excluding hydrogens is 224 g/mol. The Labute approximate surface area is 106 Å². The number of aryl methyl sites for hydroxylation is 1. The van der Waals surface area contributed by atoms with Crippen LogP contribution in [0.3, 0.4) is 0 Å². The lowest BCUT2D eigenvalue weighted by Crippen LogP contribution is -2.05. The van der Waals surface area contributed by atoms with Gasteiger partial charge in [0.05, 0.1) is 11.3 Å². The largest absolute Gasteiger partial charge is 0.396 e. The van der Waals surface area contributed by atoms with Crippen LogP contribution in [0, 0.1) is 18.3 Å². The molecule has 90 valence electrons. The van der Waals surface area contributed by atoms with E-state index in [1.807, 2.05) is 18.2 Å². The molecular formula is C14H14N4. The highest BCUT2D eigenvalue weighted by molar-refractivity contribution is 5.63. The quantitative estimate of drug-likeness (QED) is 0.861. The van der Waals surface area contributed by atoms with Gasteiger partial charge in [-0.15, -0.1) is 0 Å². The maximum Gasteiger partial charge on any atom is 0.149 e. The number of pyridine rings is 1. The Balaban J connectivity index is 2.12. The van der Waals surface area contributed by atoms with Crippen LogP contribution in [0.2, 0.25) is 0 Å². The summed E-state index contributed by atoms with van der Waals surface area (Å²) in [6, 6.07) is 11.8. The lowest BCUT2D eigenvalue weighted by Gasteiger charge is -2.10. The molecule has 0 saturated carbocycles. The lowest BCUT2D eigenvalue weighted by atomic mass is 10.1. The van der Waals surface area contributed by atoms with Gasteiger partial charge in [0.1, 0.15) is 11.9 Å². The van der Waals surface area contributed by atoms with E-state index in [0.29, 0.717) is 23.6 Å². The van der Waals surface area contributed by atoms with Gasteiger partial charge in [-0.25, -0.2) is 4.98 Å². The summed E-state index contributed by atoms with van der Waals surface area (Å²) in [7, 11) is 0. The molecule has 4 heteroatoms. The molecule has 0 aliphatic carbocycles. The number of nitrogens with zero attached hydrogens (tertiary/aromatic N) is 2. The van der Waals surface area contributed by atoms with Gasteiger partial charge in [0.25, 0.3) is 0 Å². The topological polar surface area (TPSA) is 74.7 Å². The van der Waals surface area contributed by atoms with Crippen molar-refractivity contribution >= 4 is 11.5 Å². The van der Waals surface area contributed by atoms with E-state index >= 15 is 0 Å². The summed E-state index contributed by atoms with van der Waals surface area (Å²) >= 11 is 0. The first-order valence-corrected chi connectivity index (χ1v) is 5.64. The van der Waals surface area contributed by atoms with E-state index in [9.17, 15) is 0 Å². The molecule has 0 atom stereocenters. The zero-order chi connectivity index (χ0) is 13.0. The van der Waals surface area contributed by atoms with Crippen molar-refractivity contribution in [1.29, 1.82) is 5.26 Å². The molecule has 1 heterocycles. The normalized spacial score (nSPS) is 9.78. The number of benzene rings is 1. The van der Waals surface area contributed by atoms with E-state index in [1.54, 1.807) is 6.07 Å². The van der Waals surface area contributed by atoms with Gasteiger partial charge in [0.2, 0.25) is 0 Å². The first-order chi connectivity index (χ1) is 8.70. The zero-order valence-electron chi connectivity index (χ0n) is 10.1. The maximum absolute atomic E-state index is 8.73. The number of aromatic nitrogens is 1. The predicted octanol–water partition coefficient (Wildman–Crippen LogP) is 2.46. The Morgan fingerprint density at radius 3 is 2.83 bits per heavy atom. The van der Waals surface area contributed by atoms with Crippen molar-refractivity contribution < 1.29 is 0 Å². The van der Waals surface area contributed by atoms with Gasteiger partial charge >= 0.3 is 0 Å². The molecule has 2 rings (SSSR count). The third kappa shape index (κ3) is 2.58. The van der Waals surface area contributed by atoms with Crippen LogP contribution in [0.25, 0.3) is 0 Å². The SMILES string of the molecule is Cc1ccccc1CNc1ncc(C#N)cc1N. The second-order valence-electron chi connectivity index (χ2n) is 4.05. The molecule has 1 aromatic heterocycles. The smallest absolute Gasteiger partial charge is 0.149 e. The van der Waals surface area contributed by atoms with Gasteiger partial charge in [0, 0.05) is 12.7 Å². The number of hydrogen-bond donors (Lipinski definition) is 2. The molecule has 0 aliphatic rings. The van der Waals surface area contributed by atoms with Crippen LogP contribution in [0.5, 0.6) is 0 Å². The van der Waals surface area contributed by atoms with Gasteiger partial charge < -0.3 is 11.1 Å². The highest BCUT2D eigenvalue weighted by atomic mass is 15.0. The van der Waals surface area contributed by atoms with E-state index in [4.69, 9.17) is 11.0 Å². The van der Waals surface area contributed by atoms with Crippen molar-refractivity contribution in [3.63, 3.8) is 0 Å². The molecule has 3 N–H and O–H groups in total. The summed E-state index contributed by atoms with van der Waals surface area (Å²) < 4.78 is 0. The lowest BCUT2D eigenvalue weighted by molar-refractivity contribution is 1.09. The van der Waals surface area contributed by atoms with Gasteiger partial charge in [-0.3, -0.25) is 0 Å². The van der Waals surface area contributed by atoms with Crippen molar-refractivity contribution in [2.45, 2.75) is 13.5 Å². The van der Waals surface area contributed by atoms with Crippen LogP contribution in [-0.4, -0.2) is 4.98 Å². The third-order valence-electron chi connectivity index (χ3n) is 2.75. The Morgan fingerprint density at radius 1 is 1.39 bits per heavy atom. The zero-order valence-corrected chi connectivity index (χ0v) is 10.1. The first-order valence-electron chi connectivity index (χ1n) is 5.64. The Bertz CT molecular complexity index is 599. The predicted molar refractivity (Wildman–Crippen MR) is 71.9 cm³/mol. The number of nitrogens with one attached hydrogen (secondary N) is 1. The summed E-state index contributed by atoms with van der Waals surface area (Å²) in [5.41, 5.74) is 9.20. The average Bonchev–Trinajstić information content (AvgIpc) is 2.39. The fourth-order valence-corrected chi connectivity index (χ4v) is 1.68. The molecule has 0 aliphatic heterocycles. The molecule has 0 saturated heterocycles. The molecule has 0 bridgehead atoms. The summed E-state index contributed by atoms with van der Waals surface area (Å²) in [5, 5.41) is 11.9. The van der Waals surface area contributed by atoms with Crippen LogP contribution in [0.1, 0.15) is 16.7 Å². The second-order valence-corrected chi connectivity index (χ2v) is 4.05. The molecule has 4 nitrogen and oxygen atoms in total. The molecule has 0 unspecified atom stereocenters. The fourth-order valence-electron chi connectivity index (χ4n) is 1.68. The minimum atomic E-state index is 0.467. The average molecular weight is 238 g/mol. The molecule has 18 heavy (non-hydrogen) atoms. The number of nitrogens with two attached hydrogens (primary N) is 1. The molecule has 0 radical (unpaired) electrons. The van der Waals surface area contributed by atoms with Crippen molar-refractivity contribution in [2.24, 2.45) is 0 Å². The van der Waals surface area contributed by atoms with Gasteiger partial charge in [0.15, 0.2) is 0 Å². The monoisotopic (exact) mass is 238 g/mol. The molecule has 0 fully saturated rings. The third-order valence-corrected chi connectivity index (χ3v) is 2.75. The van der Waals surface area contributed by atoms with Crippen molar-refractivity contribution in [2.75, 3.05) is 11.1 Å². The second kappa shape index (κ2) is 5.19. The number of nitriles is 1. The standard InChI is InChI=1S/C14H14N4/c1-10-4-2-3-5-12(10)9-18-14-13(16)6-11(7-15)8-17-14/h2-6,8H,9,16H2,1H3,(H,17,18). The number of rotatable bonds is 3. The summed E-state index contributed by atoms with van der Waals surface area (Å²) in [4.78, 5) is 4.14. The summed E-state index contributed by atoms with van der Waals surface area (Å²) in [6.07, 6.45) is 1.51. The van der Waals surface area contributed by atoms with Crippen LogP contribution in [-0.2, 0) is 6.54 Å². The number of hydrogen-bond acceptors (Lipinski definition) is 4. The van der Waals surface area contributed by atoms with Crippen LogP contribution in [0.4, 0.5) is 11.5 Å². The highest BCUT2D eigenvalue weighted by Crippen LogP contribution is 2.17. The van der Waals surface area contributed by atoms with E-state index in [1.165, 1.54) is 17.3 Å². The van der Waals surface area contributed by atoms with E-state index in [-0.39, 0.29) is 0 Å². The number of nitrogen functional groups attached to an aromatic ring is 1. The van der Waals surface area contributed by atoms with Gasteiger partial charge in [-0.05, 0) is 24.1 Å². The first kappa shape index (κ1) is 11.9. The van der Waals surface area contributed by atoms with Crippen LogP contribution >= 0.6 is 0 Å². The fraction of sp³-hybridized carbons (Fsp3) is 0.143. The minimum absolute atomic E-state index is 0.467.